The van der Waals surface area contributed by atoms with Gasteiger partial charge in [-0.1, -0.05) is 41.9 Å². The number of benzene rings is 1. The quantitative estimate of drug-likeness (QED) is 0.647. The van der Waals surface area contributed by atoms with Gasteiger partial charge in [-0.15, -0.1) is 0 Å². The van der Waals surface area contributed by atoms with E-state index in [1.165, 1.54) is 16.8 Å². The molecular formula is C13H18BrN3. The van der Waals surface area contributed by atoms with Gasteiger partial charge in [0, 0.05) is 17.9 Å². The predicted octanol–water partition coefficient (Wildman–Crippen LogP) is 3.63. The smallest absolute Gasteiger partial charge is 0.102 e. The number of rotatable bonds is 4. The molecule has 3 nitrogen and oxygen atoms in total. The molecule has 0 saturated carbocycles. The fraction of sp³-hybridized carbons (Fsp3) is 0.385. The molecule has 0 aliphatic heterocycles. The van der Waals surface area contributed by atoms with Crippen LogP contribution in [0.15, 0.2) is 28.7 Å². The highest BCUT2D eigenvalue weighted by Crippen LogP contribution is 2.29. The van der Waals surface area contributed by atoms with Crippen LogP contribution in [0.3, 0.4) is 0 Å². The van der Waals surface area contributed by atoms with Crippen molar-refractivity contribution in [3.05, 3.63) is 34.3 Å². The Hall–Kier alpha value is -1.16. The minimum Gasteiger partial charge on any atom is -0.325 e. The predicted molar refractivity (Wildman–Crippen MR) is 76.1 cm³/mol. The summed E-state index contributed by atoms with van der Waals surface area (Å²) >= 11 is 3.46. The molecule has 1 aromatic carbocycles. The first kappa shape index (κ1) is 13.9. The lowest BCUT2D eigenvalue weighted by molar-refractivity contribution is 0.525. The van der Waals surface area contributed by atoms with Crippen LogP contribution in [0.4, 0.5) is 0 Å². The minimum atomic E-state index is -0.113. The summed E-state index contributed by atoms with van der Waals surface area (Å²) in [4.78, 5) is 1.53. The molecule has 0 aliphatic rings. The van der Waals surface area contributed by atoms with Crippen LogP contribution in [0.5, 0.6) is 0 Å². The zero-order chi connectivity index (χ0) is 13.1. The van der Waals surface area contributed by atoms with E-state index in [9.17, 15) is 0 Å². The SMILES string of the molecule is CN(C=N)C(=N)CC(C)(C)c1cccc(Br)c1. The van der Waals surface area contributed by atoms with Crippen molar-refractivity contribution < 1.29 is 0 Å². The van der Waals surface area contributed by atoms with Gasteiger partial charge in [0.15, 0.2) is 0 Å². The molecule has 17 heavy (non-hydrogen) atoms. The third kappa shape index (κ3) is 3.66. The monoisotopic (exact) mass is 295 g/mol. The fourth-order valence-corrected chi connectivity index (χ4v) is 2.03. The van der Waals surface area contributed by atoms with Crippen LogP contribution in [0.2, 0.25) is 0 Å². The highest BCUT2D eigenvalue weighted by Gasteiger charge is 2.23. The van der Waals surface area contributed by atoms with Gasteiger partial charge in [-0.3, -0.25) is 10.8 Å². The summed E-state index contributed by atoms with van der Waals surface area (Å²) in [6.45, 7) is 4.22. The van der Waals surface area contributed by atoms with Crippen molar-refractivity contribution in [2.24, 2.45) is 0 Å². The first-order valence-corrected chi connectivity index (χ1v) is 6.23. The number of amidine groups is 1. The Morgan fingerprint density at radius 2 is 2.12 bits per heavy atom. The fourth-order valence-electron chi connectivity index (χ4n) is 1.63. The zero-order valence-corrected chi connectivity index (χ0v) is 12.0. The Balaban J connectivity index is 2.88. The molecule has 0 aromatic heterocycles. The molecule has 0 fully saturated rings. The Morgan fingerprint density at radius 1 is 1.47 bits per heavy atom. The average molecular weight is 296 g/mol. The molecule has 1 aromatic rings. The van der Waals surface area contributed by atoms with Crippen molar-refractivity contribution in [1.82, 2.24) is 4.90 Å². The molecule has 0 saturated heterocycles. The van der Waals surface area contributed by atoms with E-state index in [0.717, 1.165) is 4.47 Å². The number of nitrogens with zero attached hydrogens (tertiary/aromatic N) is 1. The van der Waals surface area contributed by atoms with Gasteiger partial charge >= 0.3 is 0 Å². The molecule has 0 bridgehead atoms. The molecule has 1 rings (SSSR count). The standard InChI is InChI=1S/C13H18BrN3/c1-13(2,8-12(16)17(3)9-15)10-5-4-6-11(14)7-10/h4-7,9,15-16H,8H2,1-3H3. The maximum Gasteiger partial charge on any atom is 0.102 e. The number of nitrogens with one attached hydrogen (secondary N) is 2. The number of halogens is 1. The molecule has 0 aliphatic carbocycles. The van der Waals surface area contributed by atoms with E-state index in [4.69, 9.17) is 10.8 Å². The molecule has 4 heteroatoms. The molecule has 2 N–H and O–H groups in total. The van der Waals surface area contributed by atoms with Gasteiger partial charge in [0.25, 0.3) is 0 Å². The van der Waals surface area contributed by atoms with Crippen LogP contribution in [-0.2, 0) is 5.41 Å². The number of hydrogen-bond donors (Lipinski definition) is 2. The van der Waals surface area contributed by atoms with Gasteiger partial charge in [0.2, 0.25) is 0 Å². The van der Waals surface area contributed by atoms with Crippen LogP contribution >= 0.6 is 15.9 Å². The highest BCUT2D eigenvalue weighted by molar-refractivity contribution is 9.10. The first-order valence-electron chi connectivity index (χ1n) is 5.44. The van der Waals surface area contributed by atoms with E-state index >= 15 is 0 Å². The zero-order valence-electron chi connectivity index (χ0n) is 10.4. The van der Waals surface area contributed by atoms with Gasteiger partial charge in [-0.05, 0) is 23.1 Å². The Morgan fingerprint density at radius 3 is 2.65 bits per heavy atom. The summed E-state index contributed by atoms with van der Waals surface area (Å²) in [5.41, 5.74) is 1.08. The Kier molecular flexibility index (Phi) is 4.46. The highest BCUT2D eigenvalue weighted by atomic mass is 79.9. The third-order valence-electron chi connectivity index (χ3n) is 2.83. The molecule has 92 valence electrons. The van der Waals surface area contributed by atoms with Gasteiger partial charge in [0.1, 0.15) is 5.84 Å². The van der Waals surface area contributed by atoms with E-state index in [0.29, 0.717) is 12.3 Å². The van der Waals surface area contributed by atoms with Crippen LogP contribution in [0.1, 0.15) is 25.8 Å². The average Bonchev–Trinajstić information content (AvgIpc) is 2.27. The normalized spacial score (nSPS) is 11.1. The lowest BCUT2D eigenvalue weighted by Gasteiger charge is -2.28. The van der Waals surface area contributed by atoms with E-state index in [2.05, 4.69) is 41.9 Å². The second-order valence-electron chi connectivity index (χ2n) is 4.76. The topological polar surface area (TPSA) is 50.9 Å². The van der Waals surface area contributed by atoms with Gasteiger partial charge in [-0.2, -0.15) is 0 Å². The summed E-state index contributed by atoms with van der Waals surface area (Å²) in [5, 5.41) is 15.1. The summed E-state index contributed by atoms with van der Waals surface area (Å²) in [6.07, 6.45) is 1.77. The van der Waals surface area contributed by atoms with Crippen molar-refractivity contribution in [3.8, 4) is 0 Å². The Labute approximate surface area is 111 Å². The molecule has 0 atom stereocenters. The molecule has 0 heterocycles. The van der Waals surface area contributed by atoms with E-state index in [-0.39, 0.29) is 5.41 Å². The van der Waals surface area contributed by atoms with Crippen molar-refractivity contribution in [3.63, 3.8) is 0 Å². The third-order valence-corrected chi connectivity index (χ3v) is 3.33. The van der Waals surface area contributed by atoms with Crippen LogP contribution < -0.4 is 0 Å². The Bertz CT molecular complexity index is 426. The van der Waals surface area contributed by atoms with Crippen LogP contribution in [-0.4, -0.2) is 24.1 Å². The maximum absolute atomic E-state index is 7.92. The summed E-state index contributed by atoms with van der Waals surface area (Å²) in [6, 6.07) is 8.15. The van der Waals surface area contributed by atoms with Crippen molar-refractivity contribution in [1.29, 1.82) is 10.8 Å². The summed E-state index contributed by atoms with van der Waals surface area (Å²) < 4.78 is 1.05. The van der Waals surface area contributed by atoms with E-state index in [1.807, 2.05) is 12.1 Å². The molecule has 0 amide bonds. The van der Waals surface area contributed by atoms with E-state index < -0.39 is 0 Å². The van der Waals surface area contributed by atoms with Crippen molar-refractivity contribution in [2.45, 2.75) is 25.7 Å². The summed E-state index contributed by atoms with van der Waals surface area (Å²) in [7, 11) is 1.73. The van der Waals surface area contributed by atoms with Crippen LogP contribution in [0, 0.1) is 10.8 Å². The minimum absolute atomic E-state index is 0.113. The molecular weight excluding hydrogens is 278 g/mol. The second-order valence-corrected chi connectivity index (χ2v) is 5.67. The maximum atomic E-state index is 7.92. The second kappa shape index (κ2) is 5.45. The lowest BCUT2D eigenvalue weighted by Crippen LogP contribution is -2.31. The van der Waals surface area contributed by atoms with Crippen LogP contribution in [0.25, 0.3) is 0 Å². The number of hydrogen-bond acceptors (Lipinski definition) is 2. The van der Waals surface area contributed by atoms with Gasteiger partial charge < -0.3 is 4.90 Å². The van der Waals surface area contributed by atoms with Gasteiger partial charge in [0.05, 0.1) is 6.34 Å². The summed E-state index contributed by atoms with van der Waals surface area (Å²) in [5.74, 6) is 0.449. The molecule has 0 spiro atoms. The lowest BCUT2D eigenvalue weighted by atomic mass is 9.81. The van der Waals surface area contributed by atoms with Gasteiger partial charge in [-0.25, -0.2) is 0 Å². The van der Waals surface area contributed by atoms with E-state index in [1.54, 1.807) is 7.05 Å². The van der Waals surface area contributed by atoms with Crippen molar-refractivity contribution in [2.75, 3.05) is 7.05 Å². The molecule has 0 unspecified atom stereocenters. The largest absolute Gasteiger partial charge is 0.325 e. The first-order chi connectivity index (χ1) is 7.86. The van der Waals surface area contributed by atoms with Crippen molar-refractivity contribution >= 4 is 28.1 Å². The molecule has 0 radical (unpaired) electrons.